The first kappa shape index (κ1) is 16.4. The molecule has 1 aromatic heterocycles. The van der Waals surface area contributed by atoms with Crippen molar-refractivity contribution < 1.29 is 4.79 Å². The molecule has 1 fully saturated rings. The quantitative estimate of drug-likeness (QED) is 0.916. The molecule has 126 valence electrons. The number of primary amides is 1. The molecule has 2 N–H and O–H groups in total. The van der Waals surface area contributed by atoms with Crippen LogP contribution in [0.3, 0.4) is 0 Å². The fourth-order valence-corrected chi connectivity index (χ4v) is 3.29. The number of rotatable bonds is 5. The standard InChI is InChI=1S/C19H24N4O/c1-2-6-14-9-11-23(12-10-14)19-21-16(13-17(22-19)18(20)24)15-7-4-3-5-8-15/h3-5,7-8,13-14H,2,6,9-12H2,1H3,(H2,20,24). The summed E-state index contributed by atoms with van der Waals surface area (Å²) >= 11 is 0. The minimum atomic E-state index is -0.517. The van der Waals surface area contributed by atoms with Gasteiger partial charge >= 0.3 is 0 Å². The monoisotopic (exact) mass is 324 g/mol. The Morgan fingerprint density at radius 3 is 2.54 bits per heavy atom. The number of carbonyl (C=O) groups is 1. The van der Waals surface area contributed by atoms with Crippen LogP contribution >= 0.6 is 0 Å². The molecule has 0 aliphatic carbocycles. The highest BCUT2D eigenvalue weighted by atomic mass is 16.1. The molecule has 5 heteroatoms. The highest BCUT2D eigenvalue weighted by molar-refractivity contribution is 5.92. The van der Waals surface area contributed by atoms with Crippen molar-refractivity contribution in [3.05, 3.63) is 42.1 Å². The average molecular weight is 324 g/mol. The van der Waals surface area contributed by atoms with E-state index in [2.05, 4.69) is 21.8 Å². The molecule has 0 radical (unpaired) electrons. The van der Waals surface area contributed by atoms with Crippen molar-refractivity contribution in [1.29, 1.82) is 0 Å². The second-order valence-corrected chi connectivity index (χ2v) is 6.39. The third-order valence-electron chi connectivity index (χ3n) is 4.63. The van der Waals surface area contributed by atoms with Crippen LogP contribution in [0.5, 0.6) is 0 Å². The Morgan fingerprint density at radius 1 is 1.21 bits per heavy atom. The smallest absolute Gasteiger partial charge is 0.267 e. The summed E-state index contributed by atoms with van der Waals surface area (Å²) in [5, 5.41) is 0. The van der Waals surface area contributed by atoms with Gasteiger partial charge in [-0.1, -0.05) is 50.1 Å². The van der Waals surface area contributed by atoms with E-state index in [1.807, 2.05) is 30.3 Å². The van der Waals surface area contributed by atoms with Crippen LogP contribution < -0.4 is 10.6 Å². The minimum absolute atomic E-state index is 0.273. The van der Waals surface area contributed by atoms with E-state index >= 15 is 0 Å². The van der Waals surface area contributed by atoms with Gasteiger partial charge in [-0.3, -0.25) is 4.79 Å². The van der Waals surface area contributed by atoms with E-state index < -0.39 is 5.91 Å². The fourth-order valence-electron chi connectivity index (χ4n) is 3.29. The van der Waals surface area contributed by atoms with Crippen molar-refractivity contribution in [2.45, 2.75) is 32.6 Å². The Morgan fingerprint density at radius 2 is 1.92 bits per heavy atom. The summed E-state index contributed by atoms with van der Waals surface area (Å²) in [6.45, 7) is 4.10. The molecule has 0 atom stereocenters. The summed E-state index contributed by atoms with van der Waals surface area (Å²) in [6, 6.07) is 11.5. The maximum absolute atomic E-state index is 11.7. The van der Waals surface area contributed by atoms with Crippen molar-refractivity contribution >= 4 is 11.9 Å². The lowest BCUT2D eigenvalue weighted by atomic mass is 9.93. The van der Waals surface area contributed by atoms with Crippen LogP contribution in [-0.4, -0.2) is 29.0 Å². The molecule has 1 aliphatic heterocycles. The predicted octanol–water partition coefficient (Wildman–Crippen LogP) is 3.26. The Kier molecular flexibility index (Phi) is 5.08. The molecule has 2 heterocycles. The van der Waals surface area contributed by atoms with Gasteiger partial charge in [0.25, 0.3) is 5.91 Å². The van der Waals surface area contributed by atoms with Crippen LogP contribution in [0.25, 0.3) is 11.3 Å². The third-order valence-corrected chi connectivity index (χ3v) is 4.63. The molecular formula is C19H24N4O. The number of nitrogens with two attached hydrogens (primary N) is 1. The Bertz CT molecular complexity index is 694. The number of carbonyl (C=O) groups excluding carboxylic acids is 1. The molecule has 24 heavy (non-hydrogen) atoms. The summed E-state index contributed by atoms with van der Waals surface area (Å²) < 4.78 is 0. The molecule has 1 aromatic carbocycles. The van der Waals surface area contributed by atoms with Crippen LogP contribution in [0.15, 0.2) is 36.4 Å². The lowest BCUT2D eigenvalue weighted by Gasteiger charge is -2.32. The van der Waals surface area contributed by atoms with E-state index in [1.54, 1.807) is 6.07 Å². The predicted molar refractivity (Wildman–Crippen MR) is 95.8 cm³/mol. The van der Waals surface area contributed by atoms with Crippen LogP contribution in [0.2, 0.25) is 0 Å². The topological polar surface area (TPSA) is 72.1 Å². The van der Waals surface area contributed by atoms with Gasteiger partial charge in [-0.2, -0.15) is 0 Å². The molecule has 3 rings (SSSR count). The largest absolute Gasteiger partial charge is 0.364 e. The summed E-state index contributed by atoms with van der Waals surface area (Å²) in [5.74, 6) is 0.885. The average Bonchev–Trinajstić information content (AvgIpc) is 2.63. The normalized spacial score (nSPS) is 15.5. The van der Waals surface area contributed by atoms with Crippen molar-refractivity contribution in [3.63, 3.8) is 0 Å². The number of piperidine rings is 1. The van der Waals surface area contributed by atoms with E-state index in [4.69, 9.17) is 5.73 Å². The van der Waals surface area contributed by atoms with E-state index in [0.717, 1.165) is 43.1 Å². The van der Waals surface area contributed by atoms with Crippen LogP contribution in [0.1, 0.15) is 43.1 Å². The Hall–Kier alpha value is -2.43. The summed E-state index contributed by atoms with van der Waals surface area (Å²) in [6.07, 6.45) is 4.82. The van der Waals surface area contributed by atoms with Gasteiger partial charge in [-0.25, -0.2) is 9.97 Å². The zero-order valence-electron chi connectivity index (χ0n) is 14.1. The number of amides is 1. The number of hydrogen-bond acceptors (Lipinski definition) is 4. The highest BCUT2D eigenvalue weighted by Gasteiger charge is 2.22. The first-order valence-corrected chi connectivity index (χ1v) is 8.66. The lowest BCUT2D eigenvalue weighted by molar-refractivity contribution is 0.0995. The maximum atomic E-state index is 11.7. The number of hydrogen-bond donors (Lipinski definition) is 1. The summed E-state index contributed by atoms with van der Waals surface area (Å²) in [4.78, 5) is 22.9. The molecule has 0 unspecified atom stereocenters. The number of nitrogens with zero attached hydrogens (tertiary/aromatic N) is 3. The molecule has 1 aliphatic rings. The van der Waals surface area contributed by atoms with Gasteiger partial charge in [0.15, 0.2) is 0 Å². The SMILES string of the molecule is CCCC1CCN(c2nc(C(N)=O)cc(-c3ccccc3)n2)CC1. The van der Waals surface area contributed by atoms with Crippen molar-refractivity contribution in [2.75, 3.05) is 18.0 Å². The molecule has 2 aromatic rings. The molecule has 0 bridgehead atoms. The van der Waals surface area contributed by atoms with Gasteiger partial charge in [-0.05, 0) is 24.8 Å². The first-order chi connectivity index (χ1) is 11.7. The molecule has 0 saturated carbocycles. The number of benzene rings is 1. The third kappa shape index (κ3) is 3.72. The zero-order chi connectivity index (χ0) is 16.9. The van der Waals surface area contributed by atoms with E-state index in [9.17, 15) is 4.79 Å². The van der Waals surface area contributed by atoms with Crippen LogP contribution in [0, 0.1) is 5.92 Å². The number of anilines is 1. The summed E-state index contributed by atoms with van der Waals surface area (Å²) in [7, 11) is 0. The van der Waals surface area contributed by atoms with Gasteiger partial charge in [0.2, 0.25) is 5.95 Å². The van der Waals surface area contributed by atoms with Crippen LogP contribution in [-0.2, 0) is 0 Å². The van der Waals surface area contributed by atoms with E-state index in [-0.39, 0.29) is 5.69 Å². The van der Waals surface area contributed by atoms with Gasteiger partial charge in [0, 0.05) is 18.7 Å². The molecule has 0 spiro atoms. The minimum Gasteiger partial charge on any atom is -0.364 e. The van der Waals surface area contributed by atoms with Gasteiger partial charge in [0.1, 0.15) is 5.69 Å². The second-order valence-electron chi connectivity index (χ2n) is 6.39. The van der Waals surface area contributed by atoms with Crippen LogP contribution in [0.4, 0.5) is 5.95 Å². The maximum Gasteiger partial charge on any atom is 0.267 e. The lowest BCUT2D eigenvalue weighted by Crippen LogP contribution is -2.35. The fraction of sp³-hybridized carbons (Fsp3) is 0.421. The first-order valence-electron chi connectivity index (χ1n) is 8.66. The zero-order valence-corrected chi connectivity index (χ0v) is 14.1. The van der Waals surface area contributed by atoms with Gasteiger partial charge in [-0.15, -0.1) is 0 Å². The van der Waals surface area contributed by atoms with Crippen molar-refractivity contribution in [3.8, 4) is 11.3 Å². The van der Waals surface area contributed by atoms with Gasteiger partial charge in [0.05, 0.1) is 5.69 Å². The molecule has 1 saturated heterocycles. The number of aromatic nitrogens is 2. The Labute approximate surface area is 142 Å². The second kappa shape index (κ2) is 7.43. The summed E-state index contributed by atoms with van der Waals surface area (Å²) in [5.41, 5.74) is 7.45. The Balaban J connectivity index is 1.88. The van der Waals surface area contributed by atoms with E-state index in [0.29, 0.717) is 5.95 Å². The van der Waals surface area contributed by atoms with Crippen molar-refractivity contribution in [1.82, 2.24) is 9.97 Å². The molecule has 1 amide bonds. The molecule has 5 nitrogen and oxygen atoms in total. The van der Waals surface area contributed by atoms with Gasteiger partial charge < -0.3 is 10.6 Å². The highest BCUT2D eigenvalue weighted by Crippen LogP contribution is 2.26. The molecular weight excluding hydrogens is 300 g/mol. The van der Waals surface area contributed by atoms with Crippen molar-refractivity contribution in [2.24, 2.45) is 11.7 Å². The van der Waals surface area contributed by atoms with E-state index in [1.165, 1.54) is 12.8 Å².